The fourth-order valence-corrected chi connectivity index (χ4v) is 2.17. The molecule has 0 amide bonds. The molecule has 0 atom stereocenters. The number of fused-ring (bicyclic) bond motifs is 1. The van der Waals surface area contributed by atoms with E-state index in [2.05, 4.69) is 0 Å². The SMILES string of the molecule is Oc1ccc(Cl)cc1-c1c(F)ccc2occc12. The van der Waals surface area contributed by atoms with Gasteiger partial charge in [0.2, 0.25) is 0 Å². The van der Waals surface area contributed by atoms with Crippen LogP contribution in [-0.4, -0.2) is 5.11 Å². The van der Waals surface area contributed by atoms with E-state index in [0.29, 0.717) is 27.1 Å². The van der Waals surface area contributed by atoms with Crippen molar-refractivity contribution in [3.63, 3.8) is 0 Å². The zero-order valence-electron chi connectivity index (χ0n) is 9.15. The van der Waals surface area contributed by atoms with Gasteiger partial charge < -0.3 is 9.52 Å². The second kappa shape index (κ2) is 4.03. The molecule has 4 heteroatoms. The minimum absolute atomic E-state index is 0.0213. The molecular weight excluding hydrogens is 255 g/mol. The van der Waals surface area contributed by atoms with E-state index in [1.54, 1.807) is 18.2 Å². The standard InChI is InChI=1S/C14H8ClFO2/c15-8-1-3-12(17)10(7-8)14-9-5-6-18-13(9)4-2-11(14)16/h1-7,17H. The molecule has 0 saturated carbocycles. The van der Waals surface area contributed by atoms with E-state index in [0.717, 1.165) is 0 Å². The average molecular weight is 263 g/mol. The highest BCUT2D eigenvalue weighted by atomic mass is 35.5. The Morgan fingerprint density at radius 3 is 2.78 bits per heavy atom. The number of phenols is 1. The van der Waals surface area contributed by atoms with Crippen LogP contribution in [0.5, 0.6) is 5.75 Å². The van der Waals surface area contributed by atoms with Crippen LogP contribution in [-0.2, 0) is 0 Å². The first-order chi connectivity index (χ1) is 8.66. The summed E-state index contributed by atoms with van der Waals surface area (Å²) in [4.78, 5) is 0. The molecule has 0 spiro atoms. The highest BCUT2D eigenvalue weighted by Gasteiger charge is 2.15. The van der Waals surface area contributed by atoms with Crippen LogP contribution in [0.25, 0.3) is 22.1 Å². The van der Waals surface area contributed by atoms with Crippen molar-refractivity contribution in [1.82, 2.24) is 0 Å². The fourth-order valence-electron chi connectivity index (χ4n) is 2.00. The van der Waals surface area contributed by atoms with Crippen molar-refractivity contribution < 1.29 is 13.9 Å². The van der Waals surface area contributed by atoms with Crippen LogP contribution in [0, 0.1) is 5.82 Å². The van der Waals surface area contributed by atoms with Crippen LogP contribution < -0.4 is 0 Å². The van der Waals surface area contributed by atoms with Gasteiger partial charge in [0.1, 0.15) is 17.1 Å². The minimum Gasteiger partial charge on any atom is -0.507 e. The smallest absolute Gasteiger partial charge is 0.134 e. The Kier molecular flexibility index (Phi) is 2.49. The van der Waals surface area contributed by atoms with Gasteiger partial charge in [0.05, 0.1) is 6.26 Å². The van der Waals surface area contributed by atoms with E-state index < -0.39 is 5.82 Å². The number of aromatic hydroxyl groups is 1. The highest BCUT2D eigenvalue weighted by Crippen LogP contribution is 2.38. The molecule has 1 N–H and O–H groups in total. The summed E-state index contributed by atoms with van der Waals surface area (Å²) in [5.74, 6) is -0.450. The second-order valence-electron chi connectivity index (χ2n) is 3.92. The molecule has 0 aliphatic carbocycles. The molecule has 1 aromatic heterocycles. The monoisotopic (exact) mass is 262 g/mol. The first kappa shape index (κ1) is 11.1. The minimum atomic E-state index is -0.429. The summed E-state index contributed by atoms with van der Waals surface area (Å²) in [5.41, 5.74) is 1.21. The molecule has 0 aliphatic rings. The Hall–Kier alpha value is -2.00. The lowest BCUT2D eigenvalue weighted by atomic mass is 10.0. The number of hydrogen-bond donors (Lipinski definition) is 1. The Morgan fingerprint density at radius 1 is 1.11 bits per heavy atom. The molecule has 1 heterocycles. The zero-order valence-corrected chi connectivity index (χ0v) is 9.91. The van der Waals surface area contributed by atoms with E-state index >= 15 is 0 Å². The third-order valence-electron chi connectivity index (χ3n) is 2.81. The highest BCUT2D eigenvalue weighted by molar-refractivity contribution is 6.31. The molecule has 0 fully saturated rings. The van der Waals surface area contributed by atoms with Gasteiger partial charge >= 0.3 is 0 Å². The van der Waals surface area contributed by atoms with Gasteiger partial charge in [-0.3, -0.25) is 0 Å². The average Bonchev–Trinajstić information content (AvgIpc) is 2.81. The van der Waals surface area contributed by atoms with Crippen molar-refractivity contribution in [1.29, 1.82) is 0 Å². The van der Waals surface area contributed by atoms with Gasteiger partial charge in [0, 0.05) is 21.5 Å². The van der Waals surface area contributed by atoms with E-state index in [1.165, 1.54) is 24.5 Å². The fraction of sp³-hybridized carbons (Fsp3) is 0. The number of phenolic OH excluding ortho intramolecular Hbond substituents is 1. The Balaban J connectivity index is 2.40. The Labute approximate surface area is 107 Å². The molecule has 2 aromatic carbocycles. The van der Waals surface area contributed by atoms with Crippen LogP contribution in [0.1, 0.15) is 0 Å². The van der Waals surface area contributed by atoms with Crippen LogP contribution in [0.15, 0.2) is 47.1 Å². The molecule has 18 heavy (non-hydrogen) atoms. The molecular formula is C14H8ClFO2. The van der Waals surface area contributed by atoms with Crippen LogP contribution in [0.2, 0.25) is 5.02 Å². The summed E-state index contributed by atoms with van der Waals surface area (Å²) in [6.07, 6.45) is 1.48. The Bertz CT molecular complexity index is 734. The molecule has 2 nitrogen and oxygen atoms in total. The van der Waals surface area contributed by atoms with Crippen LogP contribution in [0.3, 0.4) is 0 Å². The summed E-state index contributed by atoms with van der Waals surface area (Å²) in [7, 11) is 0. The lowest BCUT2D eigenvalue weighted by molar-refractivity contribution is 0.477. The van der Waals surface area contributed by atoms with Gasteiger partial charge in [-0.2, -0.15) is 0 Å². The molecule has 3 rings (SSSR count). The van der Waals surface area contributed by atoms with Crippen LogP contribution in [0.4, 0.5) is 4.39 Å². The van der Waals surface area contributed by atoms with Crippen LogP contribution >= 0.6 is 11.6 Å². The molecule has 0 bridgehead atoms. The molecule has 3 aromatic rings. The van der Waals surface area contributed by atoms with Crippen molar-refractivity contribution in [3.05, 3.63) is 53.5 Å². The Morgan fingerprint density at radius 2 is 1.94 bits per heavy atom. The van der Waals surface area contributed by atoms with Crippen molar-refractivity contribution in [3.8, 4) is 16.9 Å². The molecule has 0 radical (unpaired) electrons. The number of hydrogen-bond acceptors (Lipinski definition) is 2. The van der Waals surface area contributed by atoms with Gasteiger partial charge in [-0.25, -0.2) is 4.39 Å². The van der Waals surface area contributed by atoms with E-state index in [4.69, 9.17) is 16.0 Å². The van der Waals surface area contributed by atoms with Crippen molar-refractivity contribution in [2.24, 2.45) is 0 Å². The van der Waals surface area contributed by atoms with E-state index in [1.807, 2.05) is 0 Å². The summed E-state index contributed by atoms with van der Waals surface area (Å²) < 4.78 is 19.2. The quantitative estimate of drug-likeness (QED) is 0.695. The van der Waals surface area contributed by atoms with Gasteiger partial charge in [0.15, 0.2) is 0 Å². The maximum Gasteiger partial charge on any atom is 0.134 e. The third kappa shape index (κ3) is 1.64. The predicted molar refractivity (Wildman–Crippen MR) is 68.3 cm³/mol. The van der Waals surface area contributed by atoms with Crippen molar-refractivity contribution in [2.75, 3.05) is 0 Å². The maximum absolute atomic E-state index is 14.0. The summed E-state index contributed by atoms with van der Waals surface area (Å²) in [5, 5.41) is 10.9. The lowest BCUT2D eigenvalue weighted by Gasteiger charge is -2.08. The molecule has 90 valence electrons. The predicted octanol–water partition coefficient (Wildman–Crippen LogP) is 4.60. The first-order valence-electron chi connectivity index (χ1n) is 5.31. The van der Waals surface area contributed by atoms with Gasteiger partial charge in [0.25, 0.3) is 0 Å². The number of furan rings is 1. The number of benzene rings is 2. The van der Waals surface area contributed by atoms with Crippen molar-refractivity contribution in [2.45, 2.75) is 0 Å². The normalized spacial score (nSPS) is 11.0. The first-order valence-corrected chi connectivity index (χ1v) is 5.69. The summed E-state index contributed by atoms with van der Waals surface area (Å²) >= 11 is 5.89. The third-order valence-corrected chi connectivity index (χ3v) is 3.05. The molecule has 0 unspecified atom stereocenters. The largest absolute Gasteiger partial charge is 0.507 e. The van der Waals surface area contributed by atoms with E-state index in [9.17, 15) is 9.50 Å². The molecule has 0 saturated heterocycles. The van der Waals surface area contributed by atoms with Gasteiger partial charge in [-0.15, -0.1) is 0 Å². The zero-order chi connectivity index (χ0) is 12.7. The van der Waals surface area contributed by atoms with Gasteiger partial charge in [-0.1, -0.05) is 11.6 Å². The topological polar surface area (TPSA) is 33.4 Å². The summed E-state index contributed by atoms with van der Waals surface area (Å²) in [6, 6.07) is 9.04. The lowest BCUT2D eigenvalue weighted by Crippen LogP contribution is -1.86. The van der Waals surface area contributed by atoms with Crippen molar-refractivity contribution >= 4 is 22.6 Å². The maximum atomic E-state index is 14.0. The van der Waals surface area contributed by atoms with E-state index in [-0.39, 0.29) is 5.75 Å². The number of halogens is 2. The molecule has 0 aliphatic heterocycles. The van der Waals surface area contributed by atoms with Gasteiger partial charge in [-0.05, 0) is 36.4 Å². The second-order valence-corrected chi connectivity index (χ2v) is 4.35. The number of rotatable bonds is 1. The summed E-state index contributed by atoms with van der Waals surface area (Å²) in [6.45, 7) is 0.